The molecule has 0 radical (unpaired) electrons. The van der Waals surface area contributed by atoms with Crippen molar-refractivity contribution in [1.29, 1.82) is 0 Å². The van der Waals surface area contributed by atoms with Crippen molar-refractivity contribution in [1.82, 2.24) is 5.32 Å². The van der Waals surface area contributed by atoms with Gasteiger partial charge < -0.3 is 14.8 Å². The number of rotatable bonds is 9. The van der Waals surface area contributed by atoms with Crippen LogP contribution >= 0.6 is 11.6 Å². The fourth-order valence-electron chi connectivity index (χ4n) is 1.63. The predicted octanol–water partition coefficient (Wildman–Crippen LogP) is 3.80. The van der Waals surface area contributed by atoms with Gasteiger partial charge in [0, 0.05) is 17.1 Å². The fourth-order valence-corrected chi connectivity index (χ4v) is 1.87. The highest BCUT2D eigenvalue weighted by molar-refractivity contribution is 6.31. The van der Waals surface area contributed by atoms with E-state index in [-0.39, 0.29) is 13.2 Å². The van der Waals surface area contributed by atoms with E-state index in [1.807, 2.05) is 0 Å². The topological polar surface area (TPSA) is 30.5 Å². The van der Waals surface area contributed by atoms with Gasteiger partial charge in [0.2, 0.25) is 0 Å². The molecule has 0 saturated carbocycles. The smallest absolute Gasteiger partial charge is 0.411 e. The summed E-state index contributed by atoms with van der Waals surface area (Å²) in [5.74, 6) is 0.557. The van der Waals surface area contributed by atoms with Crippen molar-refractivity contribution >= 4 is 11.6 Å². The second-order valence-corrected chi connectivity index (χ2v) is 4.82. The van der Waals surface area contributed by atoms with Gasteiger partial charge in [-0.2, -0.15) is 13.2 Å². The molecule has 1 aromatic carbocycles. The maximum Gasteiger partial charge on any atom is 0.411 e. The molecule has 0 aromatic heterocycles. The van der Waals surface area contributed by atoms with Gasteiger partial charge in [-0.05, 0) is 25.1 Å². The first-order chi connectivity index (χ1) is 9.94. The van der Waals surface area contributed by atoms with Crippen molar-refractivity contribution in [2.45, 2.75) is 26.1 Å². The third-order valence-corrected chi connectivity index (χ3v) is 2.91. The zero-order chi connectivity index (χ0) is 15.7. The molecule has 0 heterocycles. The normalized spacial score (nSPS) is 11.7. The van der Waals surface area contributed by atoms with E-state index in [1.54, 1.807) is 18.2 Å². The summed E-state index contributed by atoms with van der Waals surface area (Å²) >= 11 is 6.11. The quantitative estimate of drug-likeness (QED) is 0.701. The van der Waals surface area contributed by atoms with Gasteiger partial charge in [0.15, 0.2) is 0 Å². The van der Waals surface area contributed by atoms with Crippen LogP contribution in [0.4, 0.5) is 13.2 Å². The van der Waals surface area contributed by atoms with E-state index in [0.29, 0.717) is 17.3 Å². The van der Waals surface area contributed by atoms with Crippen molar-refractivity contribution < 1.29 is 22.6 Å². The Morgan fingerprint density at radius 2 is 2.00 bits per heavy atom. The Bertz CT molecular complexity index is 427. The maximum atomic E-state index is 11.9. The zero-order valence-corrected chi connectivity index (χ0v) is 12.6. The van der Waals surface area contributed by atoms with E-state index in [0.717, 1.165) is 18.5 Å². The van der Waals surface area contributed by atoms with Gasteiger partial charge in [-0.3, -0.25) is 0 Å². The molecule has 1 rings (SSSR count). The lowest BCUT2D eigenvalue weighted by molar-refractivity contribution is -0.175. The third kappa shape index (κ3) is 7.55. The Labute approximate surface area is 127 Å². The Morgan fingerprint density at radius 3 is 2.67 bits per heavy atom. The highest BCUT2D eigenvalue weighted by atomic mass is 35.5. The van der Waals surface area contributed by atoms with Crippen LogP contribution in [0, 0.1) is 0 Å². The summed E-state index contributed by atoms with van der Waals surface area (Å²) in [6.45, 7) is 2.09. The summed E-state index contributed by atoms with van der Waals surface area (Å²) in [5.41, 5.74) is 0.795. The lowest BCUT2D eigenvalue weighted by atomic mass is 10.2. The summed E-state index contributed by atoms with van der Waals surface area (Å²) in [6.07, 6.45) is -3.32. The molecule has 0 aliphatic rings. The molecule has 0 spiro atoms. The van der Waals surface area contributed by atoms with E-state index in [9.17, 15) is 13.2 Å². The largest absolute Gasteiger partial charge is 0.491 e. The van der Waals surface area contributed by atoms with Crippen molar-refractivity contribution in [2.24, 2.45) is 0 Å². The van der Waals surface area contributed by atoms with E-state index >= 15 is 0 Å². The van der Waals surface area contributed by atoms with Gasteiger partial charge in [0.1, 0.15) is 19.0 Å². The van der Waals surface area contributed by atoms with Crippen LogP contribution in [0.3, 0.4) is 0 Å². The number of benzene rings is 1. The second-order valence-electron chi connectivity index (χ2n) is 4.41. The molecule has 0 saturated heterocycles. The molecule has 3 nitrogen and oxygen atoms in total. The number of halogens is 4. The Kier molecular flexibility index (Phi) is 7.85. The molecule has 21 heavy (non-hydrogen) atoms. The molecule has 0 aliphatic heterocycles. The van der Waals surface area contributed by atoms with Crippen LogP contribution in [0.2, 0.25) is 5.02 Å². The van der Waals surface area contributed by atoms with Crippen molar-refractivity contribution in [3.63, 3.8) is 0 Å². The highest BCUT2D eigenvalue weighted by Crippen LogP contribution is 2.26. The summed E-state index contributed by atoms with van der Waals surface area (Å²) in [6, 6.07) is 5.22. The van der Waals surface area contributed by atoms with Crippen molar-refractivity contribution in [2.75, 3.05) is 26.4 Å². The summed E-state index contributed by atoms with van der Waals surface area (Å²) in [5, 5.41) is 3.77. The monoisotopic (exact) mass is 325 g/mol. The summed E-state index contributed by atoms with van der Waals surface area (Å²) in [4.78, 5) is 0. The number of ether oxygens (including phenoxy) is 2. The van der Waals surface area contributed by atoms with Crippen LogP contribution in [0.25, 0.3) is 0 Å². The maximum absolute atomic E-state index is 11.9. The molecule has 0 amide bonds. The zero-order valence-electron chi connectivity index (χ0n) is 11.8. The minimum Gasteiger partial charge on any atom is -0.491 e. The van der Waals surface area contributed by atoms with Gasteiger partial charge in [-0.1, -0.05) is 24.6 Å². The molecule has 0 bridgehead atoms. The number of nitrogens with one attached hydrogen (secondary N) is 1. The SMILES string of the molecule is CCCNCc1c(Cl)cccc1OCCOCC(F)(F)F. The first-order valence-electron chi connectivity index (χ1n) is 6.69. The van der Waals surface area contributed by atoms with Crippen LogP contribution in [0.15, 0.2) is 18.2 Å². The fraction of sp³-hybridized carbons (Fsp3) is 0.571. The van der Waals surface area contributed by atoms with Crippen LogP contribution < -0.4 is 10.1 Å². The lowest BCUT2D eigenvalue weighted by Crippen LogP contribution is -2.20. The minimum absolute atomic E-state index is 0.0389. The Morgan fingerprint density at radius 1 is 1.24 bits per heavy atom. The van der Waals surface area contributed by atoms with Crippen LogP contribution in [0.1, 0.15) is 18.9 Å². The molecule has 0 fully saturated rings. The molecule has 0 unspecified atom stereocenters. The molecular formula is C14H19ClF3NO2. The molecule has 1 N–H and O–H groups in total. The molecule has 7 heteroatoms. The lowest BCUT2D eigenvalue weighted by Gasteiger charge is -2.14. The highest BCUT2D eigenvalue weighted by Gasteiger charge is 2.27. The van der Waals surface area contributed by atoms with Crippen molar-refractivity contribution in [3.05, 3.63) is 28.8 Å². The molecule has 0 aliphatic carbocycles. The average molecular weight is 326 g/mol. The Balaban J connectivity index is 2.44. The van der Waals surface area contributed by atoms with E-state index in [2.05, 4.69) is 17.0 Å². The van der Waals surface area contributed by atoms with Gasteiger partial charge in [0.05, 0.1) is 6.61 Å². The minimum atomic E-state index is -4.31. The van der Waals surface area contributed by atoms with E-state index in [4.69, 9.17) is 16.3 Å². The van der Waals surface area contributed by atoms with Crippen LogP contribution in [-0.4, -0.2) is 32.5 Å². The second kappa shape index (κ2) is 9.12. The first-order valence-corrected chi connectivity index (χ1v) is 7.07. The number of hydrogen-bond donors (Lipinski definition) is 1. The predicted molar refractivity (Wildman–Crippen MR) is 75.8 cm³/mol. The van der Waals surface area contributed by atoms with Gasteiger partial charge in [-0.25, -0.2) is 0 Å². The van der Waals surface area contributed by atoms with Gasteiger partial charge in [0.25, 0.3) is 0 Å². The molecule has 120 valence electrons. The van der Waals surface area contributed by atoms with Crippen LogP contribution in [-0.2, 0) is 11.3 Å². The number of hydrogen-bond acceptors (Lipinski definition) is 3. The standard InChI is InChI=1S/C14H19ClF3NO2/c1-2-6-19-9-11-12(15)4-3-5-13(11)21-8-7-20-10-14(16,17)18/h3-5,19H,2,6-10H2,1H3. The van der Waals surface area contributed by atoms with Gasteiger partial charge in [-0.15, -0.1) is 0 Å². The number of alkyl halides is 3. The Hall–Kier alpha value is -0.980. The molecular weight excluding hydrogens is 307 g/mol. The summed E-state index contributed by atoms with van der Waals surface area (Å²) < 4.78 is 45.6. The van der Waals surface area contributed by atoms with Gasteiger partial charge >= 0.3 is 6.18 Å². The van der Waals surface area contributed by atoms with Crippen LogP contribution in [0.5, 0.6) is 5.75 Å². The molecule has 1 aromatic rings. The summed E-state index contributed by atoms with van der Waals surface area (Å²) in [7, 11) is 0. The van der Waals surface area contributed by atoms with E-state index < -0.39 is 12.8 Å². The van der Waals surface area contributed by atoms with Crippen molar-refractivity contribution in [3.8, 4) is 5.75 Å². The van der Waals surface area contributed by atoms with E-state index in [1.165, 1.54) is 0 Å². The average Bonchev–Trinajstić information content (AvgIpc) is 2.40. The molecule has 0 atom stereocenters. The third-order valence-electron chi connectivity index (χ3n) is 2.56. The first kappa shape index (κ1) is 18.1.